The quantitative estimate of drug-likeness (QED) is 0.375. The Balaban J connectivity index is 1.71. The van der Waals surface area contributed by atoms with Crippen molar-refractivity contribution in [3.05, 3.63) is 58.6 Å². The van der Waals surface area contributed by atoms with Crippen LogP contribution in [0.25, 0.3) is 11.0 Å². The topological polar surface area (TPSA) is 79.3 Å². The van der Waals surface area contributed by atoms with Crippen LogP contribution in [-0.2, 0) is 11.3 Å². The molecule has 0 aliphatic carbocycles. The van der Waals surface area contributed by atoms with Crippen LogP contribution in [-0.4, -0.2) is 51.6 Å². The monoisotopic (exact) mass is 563 g/mol. The Hall–Kier alpha value is -3.11. The first-order chi connectivity index (χ1) is 18.3. The van der Waals surface area contributed by atoms with Crippen molar-refractivity contribution >= 4 is 40.4 Å². The van der Waals surface area contributed by atoms with Gasteiger partial charge in [0.05, 0.1) is 11.0 Å². The molecule has 1 aliphatic rings. The molecular formula is C28H33ClF3N5O2. The molecule has 210 valence electrons. The number of hydrogen-bond acceptors (Lipinski definition) is 4. The predicted molar refractivity (Wildman–Crippen MR) is 146 cm³/mol. The molecule has 1 saturated heterocycles. The van der Waals surface area contributed by atoms with Gasteiger partial charge in [0.15, 0.2) is 0 Å². The Morgan fingerprint density at radius 1 is 1.18 bits per heavy atom. The van der Waals surface area contributed by atoms with Gasteiger partial charge >= 0.3 is 12.1 Å². The number of aromatic nitrogens is 2. The van der Waals surface area contributed by atoms with Crippen molar-refractivity contribution in [2.24, 2.45) is 5.41 Å². The van der Waals surface area contributed by atoms with E-state index in [1.165, 1.54) is 0 Å². The van der Waals surface area contributed by atoms with E-state index >= 15 is 0 Å². The van der Waals surface area contributed by atoms with E-state index < -0.39 is 23.5 Å². The summed E-state index contributed by atoms with van der Waals surface area (Å²) in [7, 11) is 0. The van der Waals surface area contributed by atoms with Gasteiger partial charge in [-0.05, 0) is 73.7 Å². The molecule has 0 spiro atoms. The molecule has 0 bridgehead atoms. The predicted octanol–water partition coefficient (Wildman–Crippen LogP) is 6.19. The van der Waals surface area contributed by atoms with E-state index in [2.05, 4.69) is 15.6 Å². The van der Waals surface area contributed by atoms with Crippen molar-refractivity contribution in [1.29, 1.82) is 0 Å². The minimum atomic E-state index is -4.99. The number of amides is 2. The van der Waals surface area contributed by atoms with E-state index in [-0.39, 0.29) is 18.5 Å². The molecule has 4 rings (SSSR count). The van der Waals surface area contributed by atoms with Gasteiger partial charge in [-0.25, -0.2) is 4.98 Å². The maximum absolute atomic E-state index is 13.5. The summed E-state index contributed by atoms with van der Waals surface area (Å²) in [6, 6.07) is 11.0. The summed E-state index contributed by atoms with van der Waals surface area (Å²) in [5.74, 6) is -1.88. The van der Waals surface area contributed by atoms with Crippen LogP contribution in [0.15, 0.2) is 42.5 Å². The zero-order valence-electron chi connectivity index (χ0n) is 22.4. The Morgan fingerprint density at radius 3 is 2.46 bits per heavy atom. The molecule has 2 amide bonds. The fourth-order valence-electron chi connectivity index (χ4n) is 4.74. The van der Waals surface area contributed by atoms with Gasteiger partial charge in [0, 0.05) is 35.8 Å². The molecule has 7 nitrogen and oxygen atoms in total. The van der Waals surface area contributed by atoms with Crippen molar-refractivity contribution in [1.82, 2.24) is 19.8 Å². The van der Waals surface area contributed by atoms with E-state index in [0.29, 0.717) is 34.2 Å². The molecule has 2 aromatic carbocycles. The van der Waals surface area contributed by atoms with Crippen molar-refractivity contribution in [2.75, 3.05) is 18.4 Å². The largest absolute Gasteiger partial charge is 0.471 e. The number of piperidine rings is 1. The number of nitrogens with zero attached hydrogens (tertiary/aromatic N) is 3. The van der Waals surface area contributed by atoms with Crippen LogP contribution in [0.2, 0.25) is 5.02 Å². The van der Waals surface area contributed by atoms with Gasteiger partial charge in [0.2, 0.25) is 5.95 Å². The second-order valence-electron chi connectivity index (χ2n) is 11.1. The number of carbonyl (C=O) groups excluding carboxylic acids is 2. The van der Waals surface area contributed by atoms with Crippen LogP contribution in [0.4, 0.5) is 19.1 Å². The number of rotatable bonds is 6. The maximum Gasteiger partial charge on any atom is 0.471 e. The summed E-state index contributed by atoms with van der Waals surface area (Å²) in [4.78, 5) is 30.9. The van der Waals surface area contributed by atoms with E-state index in [4.69, 9.17) is 11.6 Å². The number of fused-ring (bicyclic) bond motifs is 1. The second kappa shape index (κ2) is 11.2. The number of nitrogens with one attached hydrogen (secondary N) is 2. The number of benzene rings is 2. The lowest BCUT2D eigenvalue weighted by atomic mass is 9.86. The molecular weight excluding hydrogens is 531 g/mol. The molecule has 39 heavy (non-hydrogen) atoms. The van der Waals surface area contributed by atoms with Crippen molar-refractivity contribution < 1.29 is 22.8 Å². The smallest absolute Gasteiger partial charge is 0.327 e. The van der Waals surface area contributed by atoms with Crippen LogP contribution in [0.1, 0.15) is 62.5 Å². The fourth-order valence-corrected chi connectivity index (χ4v) is 4.87. The first kappa shape index (κ1) is 28.9. The average Bonchev–Trinajstić information content (AvgIpc) is 3.23. The number of imidazole rings is 1. The number of alkyl halides is 3. The summed E-state index contributed by atoms with van der Waals surface area (Å²) < 4.78 is 42.4. The lowest BCUT2D eigenvalue weighted by Crippen LogP contribution is -2.50. The molecule has 1 aliphatic heterocycles. The standard InChI is InChI=1S/C28H33ClF3N5O2/c1-17(27(2,3)4)36(25(39)28(30,31)32)16-18-7-12-23-22(14-18)34-26(37(23)21-6-5-13-33-15-21)35-24(38)19-8-10-20(29)11-9-19/h7-12,14,17,21,33H,5-6,13,15-16H2,1-4H3,(H,34,35,38). The summed E-state index contributed by atoms with van der Waals surface area (Å²) in [6.45, 7) is 8.38. The third-order valence-corrected chi connectivity index (χ3v) is 7.55. The molecule has 1 fully saturated rings. The summed E-state index contributed by atoms with van der Waals surface area (Å²) in [5.41, 5.74) is 1.62. The number of hydrogen-bond donors (Lipinski definition) is 2. The van der Waals surface area contributed by atoms with Crippen molar-refractivity contribution in [3.63, 3.8) is 0 Å². The molecule has 3 aromatic rings. The summed E-state index contributed by atoms with van der Waals surface area (Å²) in [5, 5.41) is 6.78. The van der Waals surface area contributed by atoms with Crippen LogP contribution in [0.3, 0.4) is 0 Å². The number of anilines is 1. The first-order valence-electron chi connectivity index (χ1n) is 12.9. The third-order valence-electron chi connectivity index (χ3n) is 7.30. The highest BCUT2D eigenvalue weighted by Crippen LogP contribution is 2.32. The lowest BCUT2D eigenvalue weighted by molar-refractivity contribution is -0.190. The third kappa shape index (κ3) is 6.55. The van der Waals surface area contributed by atoms with Crippen LogP contribution in [0, 0.1) is 5.41 Å². The van der Waals surface area contributed by atoms with Crippen LogP contribution < -0.4 is 10.6 Å². The van der Waals surface area contributed by atoms with E-state index in [0.717, 1.165) is 29.8 Å². The van der Waals surface area contributed by atoms with Crippen molar-refractivity contribution in [2.45, 2.75) is 65.3 Å². The van der Waals surface area contributed by atoms with Gasteiger partial charge in [-0.3, -0.25) is 14.9 Å². The molecule has 2 atom stereocenters. The van der Waals surface area contributed by atoms with E-state index in [1.54, 1.807) is 70.2 Å². The average molecular weight is 564 g/mol. The van der Waals surface area contributed by atoms with Gasteiger partial charge in [0.1, 0.15) is 0 Å². The van der Waals surface area contributed by atoms with Gasteiger partial charge in [-0.1, -0.05) is 38.4 Å². The normalized spacial score (nSPS) is 17.2. The van der Waals surface area contributed by atoms with E-state index in [1.807, 2.05) is 4.57 Å². The molecule has 2 unspecified atom stereocenters. The van der Waals surface area contributed by atoms with E-state index in [9.17, 15) is 22.8 Å². The SMILES string of the molecule is CC(N(Cc1ccc2c(c1)nc(NC(=O)c1ccc(Cl)cc1)n2C1CCCNC1)C(=O)C(F)(F)F)C(C)(C)C. The maximum atomic E-state index is 13.5. The second-order valence-corrected chi connectivity index (χ2v) is 11.5. The number of halogens is 4. The Bertz CT molecular complexity index is 1340. The van der Waals surface area contributed by atoms with Gasteiger partial charge in [0.25, 0.3) is 5.91 Å². The highest BCUT2D eigenvalue weighted by molar-refractivity contribution is 6.30. The highest BCUT2D eigenvalue weighted by atomic mass is 35.5. The first-order valence-corrected chi connectivity index (χ1v) is 13.3. The summed E-state index contributed by atoms with van der Waals surface area (Å²) >= 11 is 5.95. The molecule has 11 heteroatoms. The Kier molecular flexibility index (Phi) is 8.28. The molecule has 0 saturated carbocycles. The minimum absolute atomic E-state index is 0.0272. The van der Waals surface area contributed by atoms with Gasteiger partial charge in [-0.2, -0.15) is 13.2 Å². The fraction of sp³-hybridized carbons (Fsp3) is 0.464. The molecule has 0 radical (unpaired) electrons. The Labute approximate surface area is 230 Å². The zero-order valence-corrected chi connectivity index (χ0v) is 23.2. The Morgan fingerprint density at radius 2 is 1.87 bits per heavy atom. The number of carbonyl (C=O) groups is 2. The minimum Gasteiger partial charge on any atom is -0.327 e. The lowest BCUT2D eigenvalue weighted by Gasteiger charge is -2.38. The molecule has 2 heterocycles. The van der Waals surface area contributed by atoms with Gasteiger partial charge in [-0.15, -0.1) is 0 Å². The molecule has 2 N–H and O–H groups in total. The highest BCUT2D eigenvalue weighted by Gasteiger charge is 2.45. The van der Waals surface area contributed by atoms with Crippen LogP contribution in [0.5, 0.6) is 0 Å². The van der Waals surface area contributed by atoms with Crippen LogP contribution >= 0.6 is 11.6 Å². The van der Waals surface area contributed by atoms with Crippen molar-refractivity contribution in [3.8, 4) is 0 Å². The summed E-state index contributed by atoms with van der Waals surface area (Å²) in [6.07, 6.45) is -3.16. The van der Waals surface area contributed by atoms with Gasteiger partial charge < -0.3 is 14.8 Å². The molecule has 1 aromatic heterocycles. The zero-order chi connectivity index (χ0) is 28.5.